The van der Waals surface area contributed by atoms with E-state index in [0.29, 0.717) is 13.1 Å². The number of carbonyl (C=O) groups excluding carboxylic acids is 2. The number of halogens is 1. The first-order valence-electron chi connectivity index (χ1n) is 13.6. The largest absolute Gasteiger partial charge is 0.369 e. The summed E-state index contributed by atoms with van der Waals surface area (Å²) in [5, 5.41) is 2.95. The molecule has 2 saturated heterocycles. The van der Waals surface area contributed by atoms with Crippen LogP contribution in [0.15, 0.2) is 11.8 Å². The molecule has 0 radical (unpaired) electrons. The van der Waals surface area contributed by atoms with Crippen LogP contribution in [0.3, 0.4) is 0 Å². The number of hydrogen-bond donors (Lipinski definition) is 2. The minimum atomic E-state index is -1.18. The van der Waals surface area contributed by atoms with Crippen LogP contribution < -0.4 is 11.1 Å². The Kier molecular flexibility index (Phi) is 7.49. The minimum absolute atomic E-state index is 0.00882. The van der Waals surface area contributed by atoms with E-state index >= 15 is 4.39 Å². The molecule has 2 saturated carbocycles. The molecule has 0 aromatic heterocycles. The summed E-state index contributed by atoms with van der Waals surface area (Å²) >= 11 is 0. The number of likely N-dealkylation sites (tertiary alicyclic amines) is 1. The molecule has 0 aromatic carbocycles. The van der Waals surface area contributed by atoms with Gasteiger partial charge in [-0.1, -0.05) is 12.8 Å². The van der Waals surface area contributed by atoms with Gasteiger partial charge in [0.2, 0.25) is 0 Å². The highest BCUT2D eigenvalue weighted by atomic mass is 19.1. The third-order valence-corrected chi connectivity index (χ3v) is 8.78. The fourth-order valence-electron chi connectivity index (χ4n) is 7.10. The number of ether oxygens (including phenoxy) is 1. The molecule has 8 atom stereocenters. The summed E-state index contributed by atoms with van der Waals surface area (Å²) in [6, 6.07) is -0.403. The van der Waals surface area contributed by atoms with Gasteiger partial charge in [-0.15, -0.1) is 0 Å². The summed E-state index contributed by atoms with van der Waals surface area (Å²) in [5.41, 5.74) is 6.36. The van der Waals surface area contributed by atoms with Crippen LogP contribution in [0.4, 0.5) is 4.39 Å². The number of nitrogens with zero attached hydrogens (tertiary/aromatic N) is 3. The van der Waals surface area contributed by atoms with E-state index in [4.69, 9.17) is 10.5 Å². The van der Waals surface area contributed by atoms with Gasteiger partial charge in [0.25, 0.3) is 5.91 Å². The Morgan fingerprint density at radius 2 is 2.03 bits per heavy atom. The van der Waals surface area contributed by atoms with E-state index in [1.165, 1.54) is 0 Å². The van der Waals surface area contributed by atoms with E-state index in [9.17, 15) is 9.59 Å². The average Bonchev–Trinajstić information content (AvgIpc) is 3.25. The topological polar surface area (TPSA) is 91.1 Å². The molecule has 4 fully saturated rings. The van der Waals surface area contributed by atoms with Crippen molar-refractivity contribution < 1.29 is 18.7 Å². The van der Waals surface area contributed by atoms with Crippen molar-refractivity contribution in [2.24, 2.45) is 11.7 Å². The molecular formula is C26H42FN5O3. The van der Waals surface area contributed by atoms with Gasteiger partial charge in [-0.25, -0.2) is 4.39 Å². The Bertz CT molecular complexity index is 838. The van der Waals surface area contributed by atoms with Crippen molar-refractivity contribution >= 4 is 11.7 Å². The van der Waals surface area contributed by atoms with Crippen molar-refractivity contribution in [3.63, 3.8) is 0 Å². The molecule has 9 heteroatoms. The highest BCUT2D eigenvalue weighted by Gasteiger charge is 2.59. The van der Waals surface area contributed by atoms with Gasteiger partial charge in [0.05, 0.1) is 35.9 Å². The van der Waals surface area contributed by atoms with Gasteiger partial charge >= 0.3 is 0 Å². The van der Waals surface area contributed by atoms with Crippen LogP contribution in [0, 0.1) is 5.92 Å². The summed E-state index contributed by atoms with van der Waals surface area (Å²) in [4.78, 5) is 33.2. The second-order valence-electron chi connectivity index (χ2n) is 11.5. The molecule has 3 aliphatic heterocycles. The third-order valence-electron chi connectivity index (χ3n) is 8.78. The molecule has 3 N–H and O–H groups in total. The van der Waals surface area contributed by atoms with Gasteiger partial charge in [0.1, 0.15) is 6.17 Å². The number of nitrogens with two attached hydrogens (primary N) is 1. The predicted molar refractivity (Wildman–Crippen MR) is 131 cm³/mol. The van der Waals surface area contributed by atoms with Crippen molar-refractivity contribution in [1.82, 2.24) is 20.0 Å². The first-order chi connectivity index (χ1) is 16.8. The van der Waals surface area contributed by atoms with Crippen LogP contribution in [0.25, 0.3) is 0 Å². The molecule has 35 heavy (non-hydrogen) atoms. The van der Waals surface area contributed by atoms with E-state index in [1.807, 2.05) is 20.3 Å². The van der Waals surface area contributed by atoms with Crippen molar-refractivity contribution in [1.29, 1.82) is 0 Å². The molecule has 5 rings (SSSR count). The van der Waals surface area contributed by atoms with E-state index < -0.39 is 12.1 Å². The van der Waals surface area contributed by atoms with E-state index in [-0.39, 0.29) is 60.1 Å². The van der Waals surface area contributed by atoms with E-state index in [0.717, 1.165) is 58.0 Å². The molecule has 1 amide bonds. The third kappa shape index (κ3) is 4.89. The fraction of sp³-hybridized carbons (Fsp3) is 0.846. The quantitative estimate of drug-likeness (QED) is 0.406. The molecule has 3 heterocycles. The average molecular weight is 492 g/mol. The first-order valence-corrected chi connectivity index (χ1v) is 13.6. The Labute approximate surface area is 208 Å². The molecule has 5 aliphatic rings. The number of alkyl halides is 1. The lowest BCUT2D eigenvalue weighted by Gasteiger charge is -2.60. The molecular weight excluding hydrogens is 449 g/mol. The monoisotopic (exact) mass is 491 g/mol. The number of hydrogen-bond acceptors (Lipinski definition) is 7. The van der Waals surface area contributed by atoms with Crippen LogP contribution in [-0.2, 0) is 14.3 Å². The lowest BCUT2D eigenvalue weighted by atomic mass is 9.69. The van der Waals surface area contributed by atoms with Gasteiger partial charge < -0.3 is 25.6 Å². The van der Waals surface area contributed by atoms with Gasteiger partial charge in [-0.05, 0) is 59.2 Å². The number of fused-ring (bicyclic) bond motifs is 2. The van der Waals surface area contributed by atoms with Crippen molar-refractivity contribution in [3.05, 3.63) is 11.8 Å². The number of amides is 1. The molecule has 196 valence electrons. The predicted octanol–water partition coefficient (Wildman–Crippen LogP) is 1.05. The maximum absolute atomic E-state index is 15.8. The smallest absolute Gasteiger partial charge is 0.256 e. The standard InChI is InChI=1S/C26H42FN5O3/c1-30(2)11-6-5-10-29-26(34)18-15-32-20-7-3-4-8-21(20)35-25-22(32)17(24(18)33)13-19(27)23(25)31-12-9-16(28)14-31/h15-17,19-23,25H,3-14,28H2,1-2H3,(H,29,34)/t16-,17?,19?,20?,21?,22?,23?,25?/m1/s1. The van der Waals surface area contributed by atoms with Crippen LogP contribution in [0.2, 0.25) is 0 Å². The summed E-state index contributed by atoms with van der Waals surface area (Å²) in [7, 11) is 4.05. The Balaban J connectivity index is 1.38. The molecule has 7 unspecified atom stereocenters. The maximum atomic E-state index is 15.8. The van der Waals surface area contributed by atoms with Gasteiger partial charge in [-0.3, -0.25) is 14.5 Å². The number of unbranched alkanes of at least 4 members (excludes halogenated alkanes) is 1. The molecule has 0 bridgehead atoms. The molecule has 8 nitrogen and oxygen atoms in total. The van der Waals surface area contributed by atoms with Crippen LogP contribution in [0.1, 0.15) is 51.4 Å². The van der Waals surface area contributed by atoms with E-state index in [1.54, 1.807) is 0 Å². The lowest BCUT2D eigenvalue weighted by molar-refractivity contribution is -0.209. The van der Waals surface area contributed by atoms with Crippen LogP contribution >= 0.6 is 0 Å². The number of nitrogens with one attached hydrogen (secondary N) is 1. The minimum Gasteiger partial charge on any atom is -0.369 e. The zero-order chi connectivity index (χ0) is 24.7. The molecule has 2 aliphatic carbocycles. The number of carbonyl (C=O) groups is 2. The number of Topliss-reactive ketones (excluding diaryl/α,β-unsaturated/α-hetero) is 1. The Hall–Kier alpha value is -1.55. The fourth-order valence-corrected chi connectivity index (χ4v) is 7.10. The number of morpholine rings is 1. The summed E-state index contributed by atoms with van der Waals surface area (Å²) in [6.07, 6.45) is 7.20. The Morgan fingerprint density at radius 3 is 2.77 bits per heavy atom. The van der Waals surface area contributed by atoms with Crippen molar-refractivity contribution in [2.75, 3.05) is 40.3 Å². The van der Waals surface area contributed by atoms with Gasteiger partial charge in [-0.2, -0.15) is 0 Å². The van der Waals surface area contributed by atoms with Crippen molar-refractivity contribution in [3.8, 4) is 0 Å². The van der Waals surface area contributed by atoms with Gasteiger partial charge in [0.15, 0.2) is 5.78 Å². The summed E-state index contributed by atoms with van der Waals surface area (Å²) < 4.78 is 22.5. The second-order valence-corrected chi connectivity index (χ2v) is 11.5. The molecule has 0 spiro atoms. The lowest BCUT2D eigenvalue weighted by Crippen LogP contribution is -2.73. The highest BCUT2D eigenvalue weighted by Crippen LogP contribution is 2.47. The summed E-state index contributed by atoms with van der Waals surface area (Å²) in [6.45, 7) is 2.93. The highest BCUT2D eigenvalue weighted by molar-refractivity contribution is 6.20. The second kappa shape index (κ2) is 10.4. The van der Waals surface area contributed by atoms with E-state index in [2.05, 4.69) is 20.0 Å². The normalized spacial score (nSPS) is 39.3. The Morgan fingerprint density at radius 1 is 1.23 bits per heavy atom. The maximum Gasteiger partial charge on any atom is 0.256 e. The van der Waals surface area contributed by atoms with Crippen LogP contribution in [0.5, 0.6) is 0 Å². The van der Waals surface area contributed by atoms with Crippen molar-refractivity contribution in [2.45, 2.75) is 93.9 Å². The number of rotatable bonds is 7. The van der Waals surface area contributed by atoms with Gasteiger partial charge in [0, 0.05) is 37.8 Å². The number of ketones is 1. The zero-order valence-electron chi connectivity index (χ0n) is 21.2. The summed E-state index contributed by atoms with van der Waals surface area (Å²) in [5.74, 6) is -1.10. The van der Waals surface area contributed by atoms with Crippen LogP contribution in [-0.4, -0.2) is 109 Å². The first kappa shape index (κ1) is 25.1. The SMILES string of the molecule is CN(C)CCCCNC(=O)C1=CN2C3CCCCC3OC3C(N4CC[C@@H](N)C4)C(F)CC(C1=O)C32. The zero-order valence-corrected chi connectivity index (χ0v) is 21.2. The molecule has 0 aromatic rings.